The van der Waals surface area contributed by atoms with Crippen molar-refractivity contribution < 1.29 is 33.3 Å². The van der Waals surface area contributed by atoms with Crippen molar-refractivity contribution in [1.82, 2.24) is 0 Å². The van der Waals surface area contributed by atoms with E-state index in [2.05, 4.69) is 55.4 Å². The summed E-state index contributed by atoms with van der Waals surface area (Å²) in [6.45, 7) is 27.0. The van der Waals surface area contributed by atoms with Crippen molar-refractivity contribution in [3.63, 3.8) is 0 Å². The Hall–Kier alpha value is -2.90. The van der Waals surface area contributed by atoms with Gasteiger partial charge in [0, 0.05) is 11.8 Å². The highest BCUT2D eigenvalue weighted by atomic mass is 16.7. The first-order valence-corrected chi connectivity index (χ1v) is 17.2. The zero-order valence-electron chi connectivity index (χ0n) is 30.3. The number of rotatable bonds is 8. The standard InChI is InChI=1S/C39H56O7/c1-14-32-25(9)23(7)28(12)38(43-32)45-36(40)30-16-19(3)22(6)34(18-30)42-35-27(11)21(5)20(4)17-31(35)37(41)46-39-29(13)24(8)26(10)33(15-2)44-39/h16-18,23-26,28-29,32-33,38-39H,14-15H2,1-13H3/t23-,24?,25?,26-,28?,29+,32?,33?,38-,39-/m0/s1. The minimum absolute atomic E-state index is 0.0239. The van der Waals surface area contributed by atoms with Crippen molar-refractivity contribution in [2.45, 2.75) is 128 Å². The molecule has 0 aliphatic carbocycles. The van der Waals surface area contributed by atoms with Crippen LogP contribution < -0.4 is 4.74 Å². The van der Waals surface area contributed by atoms with Gasteiger partial charge in [-0.1, -0.05) is 55.4 Å². The van der Waals surface area contributed by atoms with Crippen molar-refractivity contribution in [3.8, 4) is 11.5 Å². The van der Waals surface area contributed by atoms with Gasteiger partial charge in [-0.25, -0.2) is 9.59 Å². The minimum atomic E-state index is -0.650. The Kier molecular flexibility index (Phi) is 11.3. The molecule has 2 fully saturated rings. The van der Waals surface area contributed by atoms with Crippen LogP contribution in [0.4, 0.5) is 0 Å². The maximum Gasteiger partial charge on any atom is 0.344 e. The molecule has 0 aromatic heterocycles. The summed E-state index contributed by atoms with van der Waals surface area (Å²) in [5, 5.41) is 0. The number of carbonyl (C=O) groups is 2. The smallest absolute Gasteiger partial charge is 0.344 e. The molecule has 0 saturated carbocycles. The van der Waals surface area contributed by atoms with Crippen LogP contribution in [0.3, 0.4) is 0 Å². The lowest BCUT2D eigenvalue weighted by atomic mass is 9.78. The first kappa shape index (κ1) is 35.9. The highest BCUT2D eigenvalue weighted by molar-refractivity contribution is 5.94. The molecule has 0 bridgehead atoms. The van der Waals surface area contributed by atoms with E-state index in [0.29, 0.717) is 46.3 Å². The Morgan fingerprint density at radius 3 is 1.59 bits per heavy atom. The van der Waals surface area contributed by atoms with E-state index in [1.54, 1.807) is 6.07 Å². The third kappa shape index (κ3) is 7.01. The molecule has 0 radical (unpaired) electrons. The molecule has 2 aromatic rings. The fraction of sp³-hybridized carbons (Fsp3) is 0.641. The largest absolute Gasteiger partial charge is 0.456 e. The van der Waals surface area contributed by atoms with E-state index in [1.807, 2.05) is 46.8 Å². The molecule has 7 heteroatoms. The average molecular weight is 637 g/mol. The molecule has 2 saturated heterocycles. The van der Waals surface area contributed by atoms with Gasteiger partial charge in [-0.3, -0.25) is 0 Å². The summed E-state index contributed by atoms with van der Waals surface area (Å²) in [7, 11) is 0. The van der Waals surface area contributed by atoms with Crippen LogP contribution in [-0.4, -0.2) is 36.7 Å². The average Bonchev–Trinajstić information content (AvgIpc) is 3.03. The maximum absolute atomic E-state index is 13.9. The Bertz CT molecular complexity index is 1430. The molecule has 0 N–H and O–H groups in total. The van der Waals surface area contributed by atoms with Gasteiger partial charge in [0.25, 0.3) is 0 Å². The molecule has 10 atom stereocenters. The van der Waals surface area contributed by atoms with Gasteiger partial charge in [-0.15, -0.1) is 0 Å². The molecular weight excluding hydrogens is 580 g/mol. The van der Waals surface area contributed by atoms with Crippen molar-refractivity contribution in [3.05, 3.63) is 57.1 Å². The van der Waals surface area contributed by atoms with Gasteiger partial charge in [0.15, 0.2) is 0 Å². The third-order valence-corrected chi connectivity index (χ3v) is 11.6. The summed E-state index contributed by atoms with van der Waals surface area (Å²) >= 11 is 0. The normalized spacial score (nSPS) is 31.3. The molecule has 5 unspecified atom stereocenters. The number of hydrogen-bond donors (Lipinski definition) is 0. The summed E-state index contributed by atoms with van der Waals surface area (Å²) in [5.74, 6) is 1.48. The molecule has 254 valence electrons. The fourth-order valence-electron chi connectivity index (χ4n) is 7.02. The second-order valence-electron chi connectivity index (χ2n) is 14.2. The van der Waals surface area contributed by atoms with Crippen LogP contribution in [0.5, 0.6) is 11.5 Å². The maximum atomic E-state index is 13.9. The van der Waals surface area contributed by atoms with E-state index in [9.17, 15) is 9.59 Å². The minimum Gasteiger partial charge on any atom is -0.456 e. The Morgan fingerprint density at radius 2 is 1.09 bits per heavy atom. The second kappa shape index (κ2) is 14.5. The number of ether oxygens (including phenoxy) is 5. The van der Waals surface area contributed by atoms with Crippen molar-refractivity contribution in [2.24, 2.45) is 35.5 Å². The Balaban J connectivity index is 1.64. The van der Waals surface area contributed by atoms with E-state index >= 15 is 0 Å². The monoisotopic (exact) mass is 636 g/mol. The molecule has 4 rings (SSSR count). The van der Waals surface area contributed by atoms with E-state index in [-0.39, 0.29) is 24.0 Å². The summed E-state index contributed by atoms with van der Waals surface area (Å²) in [4.78, 5) is 27.4. The van der Waals surface area contributed by atoms with E-state index in [1.165, 1.54) is 0 Å². The van der Waals surface area contributed by atoms with Crippen LogP contribution in [0.2, 0.25) is 0 Å². The molecular formula is C39H56O7. The first-order chi connectivity index (χ1) is 21.6. The second-order valence-corrected chi connectivity index (χ2v) is 14.2. The molecule has 2 aliphatic rings. The van der Waals surface area contributed by atoms with Gasteiger partial charge in [0.05, 0.1) is 17.8 Å². The molecule has 46 heavy (non-hydrogen) atoms. The Morgan fingerprint density at radius 1 is 0.609 bits per heavy atom. The summed E-state index contributed by atoms with van der Waals surface area (Å²) in [5.41, 5.74) is 5.26. The topological polar surface area (TPSA) is 80.3 Å². The predicted octanol–water partition coefficient (Wildman–Crippen LogP) is 9.42. The van der Waals surface area contributed by atoms with Gasteiger partial charge >= 0.3 is 11.9 Å². The molecule has 7 nitrogen and oxygen atoms in total. The number of benzene rings is 2. The lowest BCUT2D eigenvalue weighted by Crippen LogP contribution is -2.46. The van der Waals surface area contributed by atoms with Gasteiger partial charge in [-0.05, 0) is 117 Å². The molecule has 2 aliphatic heterocycles. The van der Waals surface area contributed by atoms with Gasteiger partial charge in [0.1, 0.15) is 17.1 Å². The van der Waals surface area contributed by atoms with Gasteiger partial charge in [-0.2, -0.15) is 0 Å². The molecule has 0 amide bonds. The fourth-order valence-corrected chi connectivity index (χ4v) is 7.02. The van der Waals surface area contributed by atoms with E-state index < -0.39 is 24.5 Å². The van der Waals surface area contributed by atoms with Crippen LogP contribution in [0.1, 0.15) is 117 Å². The van der Waals surface area contributed by atoms with Gasteiger partial charge < -0.3 is 23.7 Å². The summed E-state index contributed by atoms with van der Waals surface area (Å²) < 4.78 is 31.2. The highest BCUT2D eigenvalue weighted by Crippen LogP contribution is 2.40. The zero-order valence-corrected chi connectivity index (χ0v) is 30.3. The van der Waals surface area contributed by atoms with Crippen LogP contribution in [0.15, 0.2) is 18.2 Å². The van der Waals surface area contributed by atoms with E-state index in [4.69, 9.17) is 23.7 Å². The van der Waals surface area contributed by atoms with Gasteiger partial charge in [0.2, 0.25) is 12.6 Å². The quantitative estimate of drug-likeness (QED) is 0.267. The van der Waals surface area contributed by atoms with Crippen molar-refractivity contribution in [1.29, 1.82) is 0 Å². The lowest BCUT2D eigenvalue weighted by molar-refractivity contribution is -0.225. The van der Waals surface area contributed by atoms with Crippen LogP contribution in [0, 0.1) is 70.1 Å². The zero-order chi connectivity index (χ0) is 34.2. The third-order valence-electron chi connectivity index (χ3n) is 11.6. The number of esters is 2. The lowest BCUT2D eigenvalue weighted by Gasteiger charge is -2.42. The van der Waals surface area contributed by atoms with Crippen molar-refractivity contribution in [2.75, 3.05) is 0 Å². The molecule has 2 heterocycles. The van der Waals surface area contributed by atoms with Crippen LogP contribution >= 0.6 is 0 Å². The first-order valence-electron chi connectivity index (χ1n) is 17.2. The summed E-state index contributed by atoms with van der Waals surface area (Å²) in [6.07, 6.45) is 0.496. The van der Waals surface area contributed by atoms with E-state index in [0.717, 1.165) is 40.7 Å². The number of hydrogen-bond acceptors (Lipinski definition) is 7. The van der Waals surface area contributed by atoms with Crippen molar-refractivity contribution >= 4 is 11.9 Å². The Labute approximate surface area is 276 Å². The highest BCUT2D eigenvalue weighted by Gasteiger charge is 2.42. The predicted molar refractivity (Wildman–Crippen MR) is 180 cm³/mol. The SMILES string of the molecule is CCC1O[C@@H](OC(=O)c2cc(C)c(C)c(Oc3c(C(=O)O[C@@H]4OC(CC)[C@@H](C)C(C)[C@H]4C)cc(C)c(C)c3C)c2)C(C)[C@@H](C)C1C. The molecule has 0 spiro atoms. The number of carbonyl (C=O) groups excluding carboxylic acids is 2. The summed E-state index contributed by atoms with van der Waals surface area (Å²) in [6, 6.07) is 5.34. The van der Waals surface area contributed by atoms with Crippen LogP contribution in [-0.2, 0) is 18.9 Å². The number of aryl methyl sites for hydroxylation is 2. The molecule has 2 aromatic carbocycles. The van der Waals surface area contributed by atoms with Crippen LogP contribution in [0.25, 0.3) is 0 Å².